The predicted octanol–water partition coefficient (Wildman–Crippen LogP) is 2.79. The number of benzene rings is 1. The topological polar surface area (TPSA) is 81.7 Å². The van der Waals surface area contributed by atoms with E-state index in [4.69, 9.17) is 5.73 Å². The summed E-state index contributed by atoms with van der Waals surface area (Å²) in [6.07, 6.45) is 3.47. The van der Waals surface area contributed by atoms with Crippen molar-refractivity contribution >= 4 is 11.8 Å². The third-order valence-corrected chi connectivity index (χ3v) is 3.40. The van der Waals surface area contributed by atoms with Crippen LogP contribution in [0.5, 0.6) is 0 Å². The molecule has 0 aliphatic carbocycles. The largest absolute Gasteiger partial charge is 0.383 e. The molecule has 0 amide bonds. The third-order valence-electron chi connectivity index (χ3n) is 3.40. The van der Waals surface area contributed by atoms with Crippen molar-refractivity contribution in [2.45, 2.75) is 26.4 Å². The summed E-state index contributed by atoms with van der Waals surface area (Å²) >= 11 is 0. The minimum absolute atomic E-state index is 0.267. The minimum atomic E-state index is 0.267. The number of rotatable bonds is 5. The summed E-state index contributed by atoms with van der Waals surface area (Å²) in [6, 6.07) is 12.2. The van der Waals surface area contributed by atoms with Crippen LogP contribution >= 0.6 is 0 Å². The van der Waals surface area contributed by atoms with E-state index in [0.29, 0.717) is 18.3 Å². The summed E-state index contributed by atoms with van der Waals surface area (Å²) in [6.45, 7) is 4.72. The van der Waals surface area contributed by atoms with Crippen molar-refractivity contribution in [3.05, 3.63) is 54.4 Å². The molecular weight excluding hydrogens is 288 g/mol. The molecule has 0 aliphatic heterocycles. The molecule has 118 valence electrons. The molecule has 0 fully saturated rings. The van der Waals surface area contributed by atoms with E-state index in [-0.39, 0.29) is 6.04 Å². The molecule has 3 aromatic rings. The van der Waals surface area contributed by atoms with Gasteiger partial charge in [0.1, 0.15) is 5.82 Å². The summed E-state index contributed by atoms with van der Waals surface area (Å²) in [5.41, 5.74) is 8.98. The lowest BCUT2D eigenvalue weighted by Gasteiger charge is -2.09. The molecule has 3 rings (SSSR count). The molecular formula is C17H20N6. The molecule has 2 aromatic heterocycles. The molecule has 3 N–H and O–H groups in total. The van der Waals surface area contributed by atoms with Crippen LogP contribution in [0, 0.1) is 0 Å². The maximum atomic E-state index is 6.25. The van der Waals surface area contributed by atoms with Gasteiger partial charge in [0.25, 0.3) is 0 Å². The summed E-state index contributed by atoms with van der Waals surface area (Å²) in [5.74, 6) is 1.19. The Balaban J connectivity index is 1.87. The Morgan fingerprint density at radius 1 is 1.17 bits per heavy atom. The van der Waals surface area contributed by atoms with Gasteiger partial charge in [0.2, 0.25) is 5.95 Å². The highest BCUT2D eigenvalue weighted by molar-refractivity contribution is 5.71. The standard InChI is InChI=1S/C17H20N6/c1-12(2)21-17-19-9-8-15(22-17)14-10-20-23(16(14)18)11-13-6-4-3-5-7-13/h3-10,12H,11,18H2,1-2H3,(H,19,21,22). The molecule has 0 aliphatic rings. The van der Waals surface area contributed by atoms with Crippen LogP contribution in [-0.2, 0) is 6.54 Å². The number of hydrogen-bond donors (Lipinski definition) is 2. The van der Waals surface area contributed by atoms with Gasteiger partial charge in [-0.05, 0) is 25.5 Å². The first kappa shape index (κ1) is 15.0. The molecule has 6 heteroatoms. The Morgan fingerprint density at radius 2 is 1.96 bits per heavy atom. The molecule has 0 unspecified atom stereocenters. The van der Waals surface area contributed by atoms with E-state index in [9.17, 15) is 0 Å². The van der Waals surface area contributed by atoms with Crippen LogP contribution in [0.4, 0.5) is 11.8 Å². The van der Waals surface area contributed by atoms with Gasteiger partial charge in [-0.2, -0.15) is 5.10 Å². The fourth-order valence-electron chi connectivity index (χ4n) is 2.31. The normalized spacial score (nSPS) is 10.9. The second kappa shape index (κ2) is 6.48. The SMILES string of the molecule is CC(C)Nc1nccc(-c2cnn(Cc3ccccc3)c2N)n1. The number of nitrogens with one attached hydrogen (secondary N) is 1. The minimum Gasteiger partial charge on any atom is -0.383 e. The molecule has 0 spiro atoms. The number of hydrogen-bond acceptors (Lipinski definition) is 5. The summed E-state index contributed by atoms with van der Waals surface area (Å²) in [7, 11) is 0. The van der Waals surface area contributed by atoms with Gasteiger partial charge < -0.3 is 11.1 Å². The highest BCUT2D eigenvalue weighted by atomic mass is 15.3. The van der Waals surface area contributed by atoms with Crippen molar-refractivity contribution < 1.29 is 0 Å². The zero-order valence-electron chi connectivity index (χ0n) is 13.3. The van der Waals surface area contributed by atoms with Gasteiger partial charge in [0.05, 0.1) is 24.0 Å². The Labute approximate surface area is 135 Å². The number of nitrogen functional groups attached to an aromatic ring is 1. The van der Waals surface area contributed by atoms with Crippen LogP contribution in [0.25, 0.3) is 11.3 Å². The first-order chi connectivity index (χ1) is 11.1. The van der Waals surface area contributed by atoms with Gasteiger partial charge in [-0.3, -0.25) is 0 Å². The van der Waals surface area contributed by atoms with E-state index in [1.54, 1.807) is 17.1 Å². The first-order valence-corrected chi connectivity index (χ1v) is 7.58. The average Bonchev–Trinajstić information content (AvgIpc) is 2.89. The van der Waals surface area contributed by atoms with E-state index >= 15 is 0 Å². The van der Waals surface area contributed by atoms with Crippen molar-refractivity contribution in [2.24, 2.45) is 0 Å². The van der Waals surface area contributed by atoms with Crippen LogP contribution in [0.2, 0.25) is 0 Å². The molecule has 1 aromatic carbocycles. The summed E-state index contributed by atoms with van der Waals surface area (Å²) < 4.78 is 1.78. The molecule has 0 saturated heterocycles. The molecule has 6 nitrogen and oxygen atoms in total. The highest BCUT2D eigenvalue weighted by Crippen LogP contribution is 2.24. The quantitative estimate of drug-likeness (QED) is 0.757. The smallest absolute Gasteiger partial charge is 0.223 e. The molecule has 0 atom stereocenters. The lowest BCUT2D eigenvalue weighted by atomic mass is 10.2. The van der Waals surface area contributed by atoms with Crippen molar-refractivity contribution in [1.82, 2.24) is 19.7 Å². The fourth-order valence-corrected chi connectivity index (χ4v) is 2.31. The van der Waals surface area contributed by atoms with Crippen molar-refractivity contribution in [3.8, 4) is 11.3 Å². The zero-order valence-corrected chi connectivity index (χ0v) is 13.3. The van der Waals surface area contributed by atoms with Crippen LogP contribution in [0.1, 0.15) is 19.4 Å². The van der Waals surface area contributed by atoms with Crippen molar-refractivity contribution in [3.63, 3.8) is 0 Å². The molecule has 23 heavy (non-hydrogen) atoms. The number of nitrogens with two attached hydrogens (primary N) is 1. The Morgan fingerprint density at radius 3 is 2.70 bits per heavy atom. The van der Waals surface area contributed by atoms with Crippen molar-refractivity contribution in [2.75, 3.05) is 11.1 Å². The van der Waals surface area contributed by atoms with Crippen molar-refractivity contribution in [1.29, 1.82) is 0 Å². The average molecular weight is 308 g/mol. The third kappa shape index (κ3) is 3.48. The summed E-state index contributed by atoms with van der Waals surface area (Å²) in [5, 5.41) is 7.58. The van der Waals surface area contributed by atoms with Crippen LogP contribution in [0.15, 0.2) is 48.8 Å². The van der Waals surface area contributed by atoms with Gasteiger partial charge >= 0.3 is 0 Å². The van der Waals surface area contributed by atoms with Crippen LogP contribution < -0.4 is 11.1 Å². The second-order valence-electron chi connectivity index (χ2n) is 5.65. The second-order valence-corrected chi connectivity index (χ2v) is 5.65. The van der Waals surface area contributed by atoms with E-state index in [1.165, 1.54) is 0 Å². The van der Waals surface area contributed by atoms with E-state index in [0.717, 1.165) is 16.8 Å². The molecule has 2 heterocycles. The van der Waals surface area contributed by atoms with E-state index in [1.807, 2.05) is 38.1 Å². The number of aromatic nitrogens is 4. The lowest BCUT2D eigenvalue weighted by Crippen LogP contribution is -2.12. The highest BCUT2D eigenvalue weighted by Gasteiger charge is 2.12. The van der Waals surface area contributed by atoms with Gasteiger partial charge in [0, 0.05) is 12.2 Å². The fraction of sp³-hybridized carbons (Fsp3) is 0.235. The van der Waals surface area contributed by atoms with Gasteiger partial charge in [-0.15, -0.1) is 0 Å². The Kier molecular flexibility index (Phi) is 4.23. The van der Waals surface area contributed by atoms with E-state index in [2.05, 4.69) is 32.5 Å². The van der Waals surface area contributed by atoms with Crippen LogP contribution in [0.3, 0.4) is 0 Å². The van der Waals surface area contributed by atoms with Gasteiger partial charge in [-0.25, -0.2) is 14.6 Å². The molecule has 0 radical (unpaired) electrons. The van der Waals surface area contributed by atoms with Gasteiger partial charge in [-0.1, -0.05) is 30.3 Å². The maximum absolute atomic E-state index is 6.25. The predicted molar refractivity (Wildman–Crippen MR) is 92.0 cm³/mol. The summed E-state index contributed by atoms with van der Waals surface area (Å²) in [4.78, 5) is 8.73. The monoisotopic (exact) mass is 308 g/mol. The number of anilines is 2. The molecule has 0 bridgehead atoms. The van der Waals surface area contributed by atoms with E-state index < -0.39 is 0 Å². The maximum Gasteiger partial charge on any atom is 0.223 e. The zero-order chi connectivity index (χ0) is 16.2. The lowest BCUT2D eigenvalue weighted by molar-refractivity contribution is 0.697. The number of nitrogens with zero attached hydrogens (tertiary/aromatic N) is 4. The van der Waals surface area contributed by atoms with Gasteiger partial charge in [0.15, 0.2) is 0 Å². The molecule has 0 saturated carbocycles. The first-order valence-electron chi connectivity index (χ1n) is 7.58. The Hall–Kier alpha value is -2.89. The van der Waals surface area contributed by atoms with Crippen LogP contribution in [-0.4, -0.2) is 25.8 Å². The Bertz CT molecular complexity index is 779.